The zero-order valence-corrected chi connectivity index (χ0v) is 16.5. The molecule has 0 atom stereocenters. The third-order valence-corrected chi connectivity index (χ3v) is 4.71. The summed E-state index contributed by atoms with van der Waals surface area (Å²) in [4.78, 5) is 11.6. The van der Waals surface area contributed by atoms with Gasteiger partial charge in [0.15, 0.2) is 0 Å². The maximum Gasteiger partial charge on any atom is 0.337 e. The van der Waals surface area contributed by atoms with Crippen molar-refractivity contribution in [2.45, 2.75) is 6.61 Å². The molecule has 0 amide bonds. The molecule has 3 nitrogen and oxygen atoms in total. The van der Waals surface area contributed by atoms with E-state index in [2.05, 4.69) is 15.9 Å². The van der Waals surface area contributed by atoms with Gasteiger partial charge in [0, 0.05) is 10.0 Å². The van der Waals surface area contributed by atoms with Gasteiger partial charge in [-0.2, -0.15) is 0 Å². The Balaban J connectivity index is 1.76. The summed E-state index contributed by atoms with van der Waals surface area (Å²) in [6, 6.07) is 23.3. The van der Waals surface area contributed by atoms with Crippen molar-refractivity contribution in [3.05, 3.63) is 99.5 Å². The van der Waals surface area contributed by atoms with Crippen molar-refractivity contribution < 1.29 is 14.3 Å². The van der Waals surface area contributed by atoms with Crippen LogP contribution in [-0.4, -0.2) is 13.1 Å². The van der Waals surface area contributed by atoms with Gasteiger partial charge >= 0.3 is 5.97 Å². The fourth-order valence-corrected chi connectivity index (χ4v) is 3.08. The highest BCUT2D eigenvalue weighted by atomic mass is 79.9. The van der Waals surface area contributed by atoms with Crippen molar-refractivity contribution in [2.24, 2.45) is 0 Å². The average molecular weight is 423 g/mol. The zero-order chi connectivity index (χ0) is 19.1. The second kappa shape index (κ2) is 9.19. The molecule has 0 aliphatic heterocycles. The van der Waals surface area contributed by atoms with Crippen LogP contribution in [0.25, 0.3) is 12.2 Å². The number of carbonyl (C=O) groups excluding carboxylic acids is 1. The maximum atomic E-state index is 11.6. The lowest BCUT2D eigenvalue weighted by molar-refractivity contribution is 0.0600. The molecule has 0 heterocycles. The molecule has 0 saturated heterocycles. The van der Waals surface area contributed by atoms with Crippen molar-refractivity contribution >= 4 is 34.1 Å². The van der Waals surface area contributed by atoms with Crippen LogP contribution in [0.4, 0.5) is 0 Å². The molecule has 136 valence electrons. The molecule has 0 bridgehead atoms. The number of hydrogen-bond donors (Lipinski definition) is 0. The average Bonchev–Trinajstić information content (AvgIpc) is 2.72. The first-order chi connectivity index (χ1) is 13.2. The van der Waals surface area contributed by atoms with Crippen molar-refractivity contribution in [2.75, 3.05) is 7.11 Å². The van der Waals surface area contributed by atoms with Crippen LogP contribution in [0.15, 0.2) is 77.3 Å². The highest BCUT2D eigenvalue weighted by molar-refractivity contribution is 9.10. The van der Waals surface area contributed by atoms with Gasteiger partial charge in [-0.25, -0.2) is 4.79 Å². The van der Waals surface area contributed by atoms with E-state index >= 15 is 0 Å². The summed E-state index contributed by atoms with van der Waals surface area (Å²) in [5, 5.41) is 0. The molecule has 0 spiro atoms. The van der Waals surface area contributed by atoms with E-state index in [1.54, 1.807) is 12.1 Å². The third-order valence-electron chi connectivity index (χ3n) is 4.02. The van der Waals surface area contributed by atoms with Crippen molar-refractivity contribution in [1.29, 1.82) is 0 Å². The number of rotatable bonds is 6. The van der Waals surface area contributed by atoms with Gasteiger partial charge in [-0.15, -0.1) is 0 Å². The molecule has 0 aliphatic rings. The molecule has 4 heteroatoms. The summed E-state index contributed by atoms with van der Waals surface area (Å²) in [5.41, 5.74) is 3.57. The highest BCUT2D eigenvalue weighted by Crippen LogP contribution is 2.25. The molecule has 0 unspecified atom stereocenters. The molecule has 3 aromatic carbocycles. The van der Waals surface area contributed by atoms with Crippen LogP contribution in [0.5, 0.6) is 5.75 Å². The summed E-state index contributed by atoms with van der Waals surface area (Å²) < 4.78 is 11.6. The largest absolute Gasteiger partial charge is 0.488 e. The smallest absolute Gasteiger partial charge is 0.337 e. The minimum absolute atomic E-state index is 0.356. The number of hydrogen-bond acceptors (Lipinski definition) is 3. The Kier molecular flexibility index (Phi) is 6.44. The lowest BCUT2D eigenvalue weighted by atomic mass is 10.1. The van der Waals surface area contributed by atoms with Gasteiger partial charge in [0.25, 0.3) is 0 Å². The summed E-state index contributed by atoms with van der Waals surface area (Å²) >= 11 is 3.51. The summed E-state index contributed by atoms with van der Waals surface area (Å²) in [6.07, 6.45) is 3.98. The predicted molar refractivity (Wildman–Crippen MR) is 112 cm³/mol. The Morgan fingerprint density at radius 1 is 0.926 bits per heavy atom. The minimum atomic E-state index is -0.356. The topological polar surface area (TPSA) is 35.5 Å². The molecule has 27 heavy (non-hydrogen) atoms. The lowest BCUT2D eigenvalue weighted by Crippen LogP contribution is -2.00. The van der Waals surface area contributed by atoms with Gasteiger partial charge in [0.05, 0.1) is 12.7 Å². The SMILES string of the molecule is COC(=O)c1ccc(/C=C/c2ccccc2OCc2ccccc2)c(Br)c1. The van der Waals surface area contributed by atoms with Crippen LogP contribution in [0.2, 0.25) is 0 Å². The number of halogens is 1. The van der Waals surface area contributed by atoms with Crippen LogP contribution in [0, 0.1) is 0 Å². The minimum Gasteiger partial charge on any atom is -0.488 e. The van der Waals surface area contributed by atoms with Crippen molar-refractivity contribution in [3.63, 3.8) is 0 Å². The maximum absolute atomic E-state index is 11.6. The summed E-state index contributed by atoms with van der Waals surface area (Å²) in [7, 11) is 1.37. The van der Waals surface area contributed by atoms with Gasteiger partial charge in [-0.1, -0.05) is 82.7 Å². The van der Waals surface area contributed by atoms with Crippen LogP contribution in [-0.2, 0) is 11.3 Å². The van der Waals surface area contributed by atoms with E-state index in [0.29, 0.717) is 12.2 Å². The monoisotopic (exact) mass is 422 g/mol. The Bertz CT molecular complexity index is 949. The van der Waals surface area contributed by atoms with E-state index < -0.39 is 0 Å². The predicted octanol–water partition coefficient (Wildman–Crippen LogP) is 5.99. The molecule has 0 aromatic heterocycles. The first-order valence-corrected chi connectivity index (χ1v) is 9.28. The first-order valence-electron chi connectivity index (χ1n) is 8.49. The van der Waals surface area contributed by atoms with Crippen molar-refractivity contribution in [3.8, 4) is 5.75 Å². The number of esters is 1. The third kappa shape index (κ3) is 5.08. The van der Waals surface area contributed by atoms with E-state index in [-0.39, 0.29) is 5.97 Å². The van der Waals surface area contributed by atoms with Gasteiger partial charge < -0.3 is 9.47 Å². The number of carbonyl (C=O) groups is 1. The van der Waals surface area contributed by atoms with Gasteiger partial charge in [-0.3, -0.25) is 0 Å². The Hall–Kier alpha value is -2.85. The fourth-order valence-electron chi connectivity index (χ4n) is 2.57. The first kappa shape index (κ1) is 18.9. The Labute approximate surface area is 167 Å². The number of benzene rings is 3. The van der Waals surface area contributed by atoms with Crippen LogP contribution in [0.1, 0.15) is 27.0 Å². The normalized spacial score (nSPS) is 10.7. The standard InChI is InChI=1S/C23H19BrO3/c1-26-23(25)20-14-12-18(21(24)15-20)11-13-19-9-5-6-10-22(19)27-16-17-7-3-2-4-8-17/h2-15H,16H2,1H3/b13-11+. The molecule has 3 rings (SSSR count). The Morgan fingerprint density at radius 2 is 1.63 bits per heavy atom. The van der Waals surface area contributed by atoms with Crippen LogP contribution in [0.3, 0.4) is 0 Å². The second-order valence-corrected chi connectivity index (χ2v) is 6.73. The number of para-hydroxylation sites is 1. The lowest BCUT2D eigenvalue weighted by Gasteiger charge is -2.09. The van der Waals surface area contributed by atoms with E-state index in [1.165, 1.54) is 7.11 Å². The van der Waals surface area contributed by atoms with Gasteiger partial charge in [-0.05, 0) is 29.3 Å². The highest BCUT2D eigenvalue weighted by Gasteiger charge is 2.07. The molecule has 0 saturated carbocycles. The summed E-state index contributed by atoms with van der Waals surface area (Å²) in [5.74, 6) is 0.464. The Morgan fingerprint density at radius 3 is 2.37 bits per heavy atom. The van der Waals surface area contributed by atoms with Crippen LogP contribution >= 0.6 is 15.9 Å². The molecule has 3 aromatic rings. The number of methoxy groups -OCH3 is 1. The molecular weight excluding hydrogens is 404 g/mol. The molecule has 0 aliphatic carbocycles. The zero-order valence-electron chi connectivity index (χ0n) is 14.9. The molecule has 0 radical (unpaired) electrons. The van der Waals surface area contributed by atoms with Crippen molar-refractivity contribution in [1.82, 2.24) is 0 Å². The van der Waals surface area contributed by atoms with E-state index in [0.717, 1.165) is 26.9 Å². The molecule has 0 fully saturated rings. The van der Waals surface area contributed by atoms with Crippen LogP contribution < -0.4 is 4.74 Å². The van der Waals surface area contributed by atoms with E-state index in [1.807, 2.05) is 72.8 Å². The molecule has 0 N–H and O–H groups in total. The van der Waals surface area contributed by atoms with Gasteiger partial charge in [0.1, 0.15) is 12.4 Å². The fraction of sp³-hybridized carbons (Fsp3) is 0.0870. The van der Waals surface area contributed by atoms with E-state index in [4.69, 9.17) is 9.47 Å². The second-order valence-electron chi connectivity index (χ2n) is 5.87. The molecular formula is C23H19BrO3. The van der Waals surface area contributed by atoms with E-state index in [9.17, 15) is 4.79 Å². The van der Waals surface area contributed by atoms with Gasteiger partial charge in [0.2, 0.25) is 0 Å². The number of ether oxygens (including phenoxy) is 2. The summed E-state index contributed by atoms with van der Waals surface area (Å²) in [6.45, 7) is 0.517. The quantitative estimate of drug-likeness (QED) is 0.361.